The molecule has 0 aliphatic rings. The predicted octanol–water partition coefficient (Wildman–Crippen LogP) is 0.390. The van der Waals surface area contributed by atoms with Crippen molar-refractivity contribution in [3.05, 3.63) is 18.1 Å². The van der Waals surface area contributed by atoms with E-state index in [0.29, 0.717) is 19.5 Å². The average molecular weight is 258 g/mol. The van der Waals surface area contributed by atoms with Crippen LogP contribution in [-0.2, 0) is 16.4 Å². The molecule has 6 nitrogen and oxygen atoms in total. The van der Waals surface area contributed by atoms with Crippen molar-refractivity contribution in [1.29, 1.82) is 0 Å². The second-order valence-electron chi connectivity index (χ2n) is 3.69. The molecule has 1 rings (SSSR count). The monoisotopic (exact) mass is 258 g/mol. The summed E-state index contributed by atoms with van der Waals surface area (Å²) in [6, 6.07) is 1.89. The number of rotatable bonds is 7. The summed E-state index contributed by atoms with van der Waals surface area (Å²) < 4.78 is 24.0. The van der Waals surface area contributed by atoms with E-state index in [1.807, 2.05) is 13.0 Å². The van der Waals surface area contributed by atoms with Gasteiger partial charge in [-0.3, -0.25) is 0 Å². The van der Waals surface area contributed by atoms with Crippen molar-refractivity contribution in [3.8, 4) is 0 Å². The van der Waals surface area contributed by atoms with Crippen LogP contribution >= 0.6 is 0 Å². The maximum absolute atomic E-state index is 10.8. The molecule has 17 heavy (non-hydrogen) atoms. The van der Waals surface area contributed by atoms with Crippen LogP contribution in [0.5, 0.6) is 0 Å². The second-order valence-corrected chi connectivity index (χ2v) is 5.53. The molecule has 1 aromatic rings. The van der Waals surface area contributed by atoms with E-state index in [1.54, 1.807) is 0 Å². The van der Waals surface area contributed by atoms with E-state index >= 15 is 0 Å². The molecule has 0 amide bonds. The lowest BCUT2D eigenvalue weighted by atomic mass is 10.3. The highest BCUT2D eigenvalue weighted by Gasteiger charge is 1.99. The Morgan fingerprint density at radius 2 is 2.06 bits per heavy atom. The molecule has 0 bridgehead atoms. The van der Waals surface area contributed by atoms with E-state index < -0.39 is 10.0 Å². The molecule has 0 saturated carbocycles. The van der Waals surface area contributed by atoms with Gasteiger partial charge in [-0.2, -0.15) is 0 Å². The smallest absolute Gasteiger partial charge is 0.208 e. The van der Waals surface area contributed by atoms with Crippen LogP contribution in [-0.4, -0.2) is 37.7 Å². The van der Waals surface area contributed by atoms with Crippen LogP contribution in [0.15, 0.2) is 12.4 Å². The first-order chi connectivity index (χ1) is 8.01. The Morgan fingerprint density at radius 3 is 2.71 bits per heavy atom. The fraction of sp³-hybridized carbons (Fsp3) is 0.600. The number of sulfonamides is 1. The van der Waals surface area contributed by atoms with Crippen LogP contribution in [0.2, 0.25) is 0 Å². The molecule has 2 N–H and O–H groups in total. The van der Waals surface area contributed by atoms with Crippen LogP contribution < -0.4 is 10.0 Å². The first-order valence-corrected chi connectivity index (χ1v) is 7.40. The third kappa shape index (κ3) is 6.18. The zero-order valence-corrected chi connectivity index (χ0v) is 10.9. The van der Waals surface area contributed by atoms with Gasteiger partial charge in [0.15, 0.2) is 0 Å². The SMILES string of the molecule is CCc1cc(NCCCNS(C)(=O)=O)ncn1. The lowest BCUT2D eigenvalue weighted by molar-refractivity contribution is 0.586. The van der Waals surface area contributed by atoms with Gasteiger partial charge in [-0.05, 0) is 12.8 Å². The Balaban J connectivity index is 2.26. The minimum atomic E-state index is -3.08. The number of hydrogen-bond acceptors (Lipinski definition) is 5. The number of nitrogens with zero attached hydrogens (tertiary/aromatic N) is 2. The number of aryl methyl sites for hydroxylation is 1. The Morgan fingerprint density at radius 1 is 1.29 bits per heavy atom. The molecule has 1 aromatic heterocycles. The minimum absolute atomic E-state index is 0.428. The van der Waals surface area contributed by atoms with Gasteiger partial charge in [-0.1, -0.05) is 6.92 Å². The van der Waals surface area contributed by atoms with Gasteiger partial charge in [0.1, 0.15) is 12.1 Å². The molecule has 0 saturated heterocycles. The summed E-state index contributed by atoms with van der Waals surface area (Å²) in [5.74, 6) is 0.774. The number of nitrogens with one attached hydrogen (secondary N) is 2. The molecular weight excluding hydrogens is 240 g/mol. The Kier molecular flexibility index (Phi) is 5.30. The first kappa shape index (κ1) is 13.9. The summed E-state index contributed by atoms with van der Waals surface area (Å²) in [5.41, 5.74) is 0.983. The molecule has 1 heterocycles. The normalized spacial score (nSPS) is 11.4. The zero-order chi connectivity index (χ0) is 12.7. The van der Waals surface area contributed by atoms with Crippen LogP contribution in [0.4, 0.5) is 5.82 Å². The summed E-state index contributed by atoms with van der Waals surface area (Å²) in [6.45, 7) is 3.13. The lowest BCUT2D eigenvalue weighted by Crippen LogP contribution is -2.24. The Bertz CT molecular complexity index is 447. The van der Waals surface area contributed by atoms with Crippen molar-refractivity contribution in [1.82, 2.24) is 14.7 Å². The van der Waals surface area contributed by atoms with Crippen molar-refractivity contribution >= 4 is 15.8 Å². The van der Waals surface area contributed by atoms with Crippen LogP contribution in [0.25, 0.3) is 0 Å². The number of aromatic nitrogens is 2. The van der Waals surface area contributed by atoms with E-state index in [0.717, 1.165) is 24.2 Å². The standard InChI is InChI=1S/C10H18N4O2S/c1-3-9-7-10(13-8-12-9)11-5-4-6-14-17(2,15)16/h7-8,14H,3-6H2,1-2H3,(H,11,12,13). The molecule has 0 atom stereocenters. The Labute approximate surface area is 102 Å². The van der Waals surface area contributed by atoms with E-state index in [2.05, 4.69) is 20.0 Å². The third-order valence-electron chi connectivity index (χ3n) is 2.11. The third-order valence-corrected chi connectivity index (χ3v) is 2.84. The van der Waals surface area contributed by atoms with E-state index in [-0.39, 0.29) is 0 Å². The Hall–Kier alpha value is -1.21. The molecule has 0 aromatic carbocycles. The van der Waals surface area contributed by atoms with Crippen LogP contribution in [0.3, 0.4) is 0 Å². The van der Waals surface area contributed by atoms with E-state index in [1.165, 1.54) is 6.33 Å². The number of hydrogen-bond donors (Lipinski definition) is 2. The highest BCUT2D eigenvalue weighted by atomic mass is 32.2. The van der Waals surface area contributed by atoms with E-state index in [9.17, 15) is 8.42 Å². The second kappa shape index (κ2) is 6.51. The molecule has 0 aliphatic heterocycles. The topological polar surface area (TPSA) is 84.0 Å². The highest BCUT2D eigenvalue weighted by molar-refractivity contribution is 7.88. The molecule has 7 heteroatoms. The van der Waals surface area contributed by atoms with Crippen molar-refractivity contribution in [2.75, 3.05) is 24.7 Å². The fourth-order valence-corrected chi connectivity index (χ4v) is 1.77. The molecule has 0 fully saturated rings. The van der Waals surface area contributed by atoms with E-state index in [4.69, 9.17) is 0 Å². The molecule has 96 valence electrons. The molecule has 0 aliphatic carbocycles. The van der Waals surface area contributed by atoms with Crippen molar-refractivity contribution in [3.63, 3.8) is 0 Å². The lowest BCUT2D eigenvalue weighted by Gasteiger charge is -2.06. The first-order valence-electron chi connectivity index (χ1n) is 5.50. The summed E-state index contributed by atoms with van der Waals surface area (Å²) in [4.78, 5) is 8.16. The van der Waals surface area contributed by atoms with Crippen LogP contribution in [0.1, 0.15) is 19.0 Å². The van der Waals surface area contributed by atoms with Crippen molar-refractivity contribution in [2.45, 2.75) is 19.8 Å². The minimum Gasteiger partial charge on any atom is -0.370 e. The van der Waals surface area contributed by atoms with Gasteiger partial charge in [0.2, 0.25) is 10.0 Å². The molecular formula is C10H18N4O2S. The van der Waals surface area contributed by atoms with Gasteiger partial charge >= 0.3 is 0 Å². The van der Waals surface area contributed by atoms with Gasteiger partial charge in [0.05, 0.1) is 6.26 Å². The van der Waals surface area contributed by atoms with Crippen molar-refractivity contribution < 1.29 is 8.42 Å². The summed E-state index contributed by atoms with van der Waals surface area (Å²) >= 11 is 0. The fourth-order valence-electron chi connectivity index (χ4n) is 1.25. The van der Waals surface area contributed by atoms with Gasteiger partial charge in [-0.15, -0.1) is 0 Å². The highest BCUT2D eigenvalue weighted by Crippen LogP contribution is 2.03. The summed E-state index contributed by atoms with van der Waals surface area (Å²) in [6.07, 6.45) is 4.25. The summed E-state index contributed by atoms with van der Waals surface area (Å²) in [7, 11) is -3.08. The summed E-state index contributed by atoms with van der Waals surface area (Å²) in [5, 5.41) is 3.12. The molecule has 0 radical (unpaired) electrons. The largest absolute Gasteiger partial charge is 0.370 e. The maximum Gasteiger partial charge on any atom is 0.208 e. The quantitative estimate of drug-likeness (QED) is 0.691. The predicted molar refractivity (Wildman–Crippen MR) is 67.4 cm³/mol. The van der Waals surface area contributed by atoms with Crippen molar-refractivity contribution in [2.24, 2.45) is 0 Å². The van der Waals surface area contributed by atoms with Gasteiger partial charge in [0, 0.05) is 24.8 Å². The zero-order valence-electron chi connectivity index (χ0n) is 10.1. The molecule has 0 spiro atoms. The molecule has 0 unspecified atom stereocenters. The van der Waals surface area contributed by atoms with Gasteiger partial charge in [-0.25, -0.2) is 23.1 Å². The average Bonchev–Trinajstić information content (AvgIpc) is 2.27. The van der Waals surface area contributed by atoms with Gasteiger partial charge < -0.3 is 5.32 Å². The van der Waals surface area contributed by atoms with Crippen LogP contribution in [0, 0.1) is 0 Å². The number of anilines is 1. The van der Waals surface area contributed by atoms with Gasteiger partial charge in [0.25, 0.3) is 0 Å². The maximum atomic E-state index is 10.8.